The second kappa shape index (κ2) is 13.0. The Morgan fingerprint density at radius 1 is 0.824 bits per heavy atom. The van der Waals surface area contributed by atoms with Gasteiger partial charge in [-0.3, -0.25) is 9.59 Å². The molecule has 0 aliphatic heterocycles. The molecule has 17 heteroatoms. The molecule has 0 saturated carbocycles. The van der Waals surface area contributed by atoms with E-state index in [-0.39, 0.29) is 63.3 Å². The zero-order chi connectivity index (χ0) is 24.9. The molecule has 2 aromatic heterocycles. The fraction of sp³-hybridized carbons (Fsp3) is 0.588. The van der Waals surface area contributed by atoms with Crippen LogP contribution in [0.4, 0.5) is 4.79 Å². The molecular formula is C17H22N12O5. The lowest BCUT2D eigenvalue weighted by atomic mass is 10.1. The van der Waals surface area contributed by atoms with Gasteiger partial charge in [0.05, 0.1) is 50.2 Å². The number of carbonyl (C=O) groups excluding carboxylic acids is 1. The lowest BCUT2D eigenvalue weighted by Gasteiger charge is -2.21. The highest BCUT2D eigenvalue weighted by Gasteiger charge is 2.26. The van der Waals surface area contributed by atoms with E-state index in [1.807, 2.05) is 12.1 Å². The summed E-state index contributed by atoms with van der Waals surface area (Å²) in [6.45, 7) is 0.279. The van der Waals surface area contributed by atoms with Crippen LogP contribution in [0.25, 0.3) is 0 Å². The Kier molecular flexibility index (Phi) is 9.79. The molecule has 0 radical (unpaired) electrons. The Labute approximate surface area is 192 Å². The molecule has 0 aliphatic carbocycles. The summed E-state index contributed by atoms with van der Waals surface area (Å²) in [6.07, 6.45) is -0.502. The molecule has 0 spiro atoms. The van der Waals surface area contributed by atoms with E-state index in [1.165, 1.54) is 9.36 Å². The van der Waals surface area contributed by atoms with Crippen LogP contribution in [-0.2, 0) is 22.7 Å². The van der Waals surface area contributed by atoms with Gasteiger partial charge in [0.1, 0.15) is 0 Å². The van der Waals surface area contributed by atoms with E-state index < -0.39 is 30.1 Å². The minimum atomic E-state index is -1.10. The fourth-order valence-corrected chi connectivity index (χ4v) is 2.98. The van der Waals surface area contributed by atoms with Crippen LogP contribution >= 0.6 is 0 Å². The van der Waals surface area contributed by atoms with E-state index in [2.05, 4.69) is 41.7 Å². The summed E-state index contributed by atoms with van der Waals surface area (Å²) in [5.41, 5.74) is 0. The fourth-order valence-electron chi connectivity index (χ4n) is 2.98. The number of amides is 2. The third kappa shape index (κ3) is 7.79. The number of hydrogen-bond donors (Lipinski definition) is 4. The van der Waals surface area contributed by atoms with Crippen molar-refractivity contribution in [3.05, 3.63) is 11.6 Å². The Hall–Kier alpha value is -4.67. The molecule has 0 unspecified atom stereocenters. The van der Waals surface area contributed by atoms with Crippen LogP contribution < -0.4 is 10.6 Å². The van der Waals surface area contributed by atoms with Gasteiger partial charge in [-0.15, -0.1) is 10.2 Å². The summed E-state index contributed by atoms with van der Waals surface area (Å²) in [5.74, 6) is -1.88. The summed E-state index contributed by atoms with van der Waals surface area (Å²) in [4.78, 5) is 35.0. The number of aryl methyl sites for hydroxylation is 2. The molecule has 2 rings (SSSR count). The average Bonchev–Trinajstić information content (AvgIpc) is 3.45. The van der Waals surface area contributed by atoms with Crippen molar-refractivity contribution in [3.63, 3.8) is 0 Å². The minimum Gasteiger partial charge on any atom is -0.481 e. The van der Waals surface area contributed by atoms with Gasteiger partial charge in [0.25, 0.3) is 0 Å². The van der Waals surface area contributed by atoms with Crippen LogP contribution in [0.1, 0.15) is 62.3 Å². The third-order valence-corrected chi connectivity index (χ3v) is 4.52. The average molecular weight is 474 g/mol. The summed E-state index contributed by atoms with van der Waals surface area (Å²) >= 11 is 0. The number of urea groups is 1. The van der Waals surface area contributed by atoms with Crippen LogP contribution in [0.15, 0.2) is 0 Å². The van der Waals surface area contributed by atoms with E-state index in [4.69, 9.17) is 20.7 Å². The smallest absolute Gasteiger partial charge is 0.315 e. The Morgan fingerprint density at radius 2 is 1.24 bits per heavy atom. The second-order valence-corrected chi connectivity index (χ2v) is 6.92. The topological polar surface area (TPSA) is 251 Å². The second-order valence-electron chi connectivity index (χ2n) is 6.92. The Morgan fingerprint density at radius 3 is 1.59 bits per heavy atom. The van der Waals surface area contributed by atoms with Crippen LogP contribution in [0.5, 0.6) is 0 Å². The number of nitriles is 2. The zero-order valence-corrected chi connectivity index (χ0v) is 17.9. The monoisotopic (exact) mass is 474 g/mol. The van der Waals surface area contributed by atoms with Gasteiger partial charge in [-0.25, -0.2) is 14.2 Å². The van der Waals surface area contributed by atoms with Crippen LogP contribution in [0, 0.1) is 22.7 Å². The van der Waals surface area contributed by atoms with Gasteiger partial charge in [-0.1, -0.05) is 0 Å². The first kappa shape index (κ1) is 25.6. The summed E-state index contributed by atoms with van der Waals surface area (Å²) in [6, 6.07) is 1.29. The number of carboxylic acids is 2. The maximum Gasteiger partial charge on any atom is 0.315 e. The van der Waals surface area contributed by atoms with Gasteiger partial charge in [-0.05, 0) is 33.7 Å². The van der Waals surface area contributed by atoms with E-state index >= 15 is 0 Å². The molecule has 34 heavy (non-hydrogen) atoms. The van der Waals surface area contributed by atoms with Crippen LogP contribution in [0.3, 0.4) is 0 Å². The number of rotatable bonds is 14. The van der Waals surface area contributed by atoms with Crippen molar-refractivity contribution in [1.29, 1.82) is 10.5 Å². The van der Waals surface area contributed by atoms with Crippen molar-refractivity contribution >= 4 is 18.0 Å². The maximum atomic E-state index is 12.8. The van der Waals surface area contributed by atoms with E-state index in [0.29, 0.717) is 0 Å². The highest BCUT2D eigenvalue weighted by atomic mass is 16.4. The molecule has 17 nitrogen and oxygen atoms in total. The van der Waals surface area contributed by atoms with E-state index in [9.17, 15) is 14.4 Å². The van der Waals surface area contributed by atoms with E-state index in [1.54, 1.807) is 0 Å². The molecule has 2 heterocycles. The lowest BCUT2D eigenvalue weighted by molar-refractivity contribution is -0.138. The molecule has 0 fully saturated rings. The summed E-state index contributed by atoms with van der Waals surface area (Å²) in [5, 5.41) is 63.2. The van der Waals surface area contributed by atoms with Gasteiger partial charge >= 0.3 is 18.0 Å². The van der Waals surface area contributed by atoms with Gasteiger partial charge in [0.15, 0.2) is 11.6 Å². The predicted molar refractivity (Wildman–Crippen MR) is 107 cm³/mol. The van der Waals surface area contributed by atoms with Crippen LogP contribution in [-0.4, -0.2) is 68.6 Å². The molecule has 0 saturated heterocycles. The molecule has 2 atom stereocenters. The third-order valence-electron chi connectivity index (χ3n) is 4.52. The zero-order valence-electron chi connectivity index (χ0n) is 17.9. The largest absolute Gasteiger partial charge is 0.481 e. The molecule has 2 aromatic rings. The first-order valence-electron chi connectivity index (χ1n) is 10.1. The standard InChI is InChI=1S/C17H22N12O5/c18-7-1-9-28-15(22-24-26-28)11(3-5-13(30)31)20-17(34)21-12(4-6-14(32)33)16-23-25-27-29(16)10-2-8-19/h11-12H,1-6,9-10H2,(H,30,31)(H,32,33)(H2,20,21,34)/t11-,12-/m0/s1. The number of aromatic nitrogens is 8. The van der Waals surface area contributed by atoms with Crippen molar-refractivity contribution in [1.82, 2.24) is 51.0 Å². The van der Waals surface area contributed by atoms with Crippen molar-refractivity contribution in [2.75, 3.05) is 0 Å². The predicted octanol–water partition coefficient (Wildman–Crippen LogP) is -0.702. The van der Waals surface area contributed by atoms with Crippen LogP contribution in [0.2, 0.25) is 0 Å². The summed E-state index contributed by atoms with van der Waals surface area (Å²) in [7, 11) is 0. The number of carbonyl (C=O) groups is 3. The number of nitrogens with one attached hydrogen (secondary N) is 2. The van der Waals surface area contributed by atoms with Gasteiger partial charge in [-0.2, -0.15) is 10.5 Å². The first-order chi connectivity index (χ1) is 16.3. The lowest BCUT2D eigenvalue weighted by Crippen LogP contribution is -2.42. The molecule has 0 aliphatic rings. The molecule has 4 N–H and O–H groups in total. The minimum absolute atomic E-state index is 0.0462. The number of hydrogen-bond acceptors (Lipinski definition) is 11. The SMILES string of the molecule is N#CCCn1nnnc1[C@H](CCC(=O)O)NC(=O)N[C@@H](CCC(=O)O)c1nnnn1CCC#N. The Balaban J connectivity index is 2.21. The number of tetrazole rings is 2. The van der Waals surface area contributed by atoms with Crippen molar-refractivity contribution in [3.8, 4) is 12.1 Å². The van der Waals surface area contributed by atoms with Crippen molar-refractivity contribution < 1.29 is 24.6 Å². The highest BCUT2D eigenvalue weighted by Crippen LogP contribution is 2.19. The van der Waals surface area contributed by atoms with Gasteiger partial charge in [0.2, 0.25) is 0 Å². The molecule has 0 aromatic carbocycles. The number of nitrogens with zero attached hydrogens (tertiary/aromatic N) is 10. The number of carboxylic acid groups (broad SMARTS) is 2. The maximum absolute atomic E-state index is 12.8. The summed E-state index contributed by atoms with van der Waals surface area (Å²) < 4.78 is 2.58. The first-order valence-corrected chi connectivity index (χ1v) is 10.1. The normalized spacial score (nSPS) is 12.2. The van der Waals surface area contributed by atoms with Gasteiger partial charge in [0, 0.05) is 12.8 Å². The van der Waals surface area contributed by atoms with E-state index in [0.717, 1.165) is 0 Å². The molecular weight excluding hydrogens is 452 g/mol. The highest BCUT2D eigenvalue weighted by molar-refractivity contribution is 5.75. The number of aliphatic carboxylic acids is 2. The van der Waals surface area contributed by atoms with Crippen molar-refractivity contribution in [2.24, 2.45) is 0 Å². The molecule has 2 amide bonds. The van der Waals surface area contributed by atoms with Crippen molar-refractivity contribution in [2.45, 2.75) is 63.7 Å². The molecule has 0 bridgehead atoms. The Bertz CT molecular complexity index is 985. The molecule has 180 valence electrons. The van der Waals surface area contributed by atoms with Gasteiger partial charge < -0.3 is 20.8 Å². The quantitative estimate of drug-likeness (QED) is 0.264.